The molecule has 1 aromatic rings. The number of hydrogen-bond acceptors (Lipinski definition) is 2. The Bertz CT molecular complexity index is 325. The van der Waals surface area contributed by atoms with Gasteiger partial charge in [0.2, 0.25) is 0 Å². The molecule has 1 aromatic carbocycles. The molecule has 0 bridgehead atoms. The number of nitrogens with one attached hydrogen (secondary N) is 1. The first kappa shape index (κ1) is 11.0. The number of anilines is 1. The number of benzene rings is 1. The lowest BCUT2D eigenvalue weighted by Crippen LogP contribution is -2.36. The first-order valence-electron chi connectivity index (χ1n) is 5.42. The monoisotopic (exact) mass is 269 g/mol. The SMILES string of the molecule is OCC(Nc1cccc(Br)c1)C1CCC1. The van der Waals surface area contributed by atoms with E-state index in [1.807, 2.05) is 24.3 Å². The summed E-state index contributed by atoms with van der Waals surface area (Å²) in [6, 6.07) is 8.30. The maximum Gasteiger partial charge on any atom is 0.0635 e. The second kappa shape index (κ2) is 4.99. The van der Waals surface area contributed by atoms with Gasteiger partial charge >= 0.3 is 0 Å². The molecule has 1 saturated carbocycles. The fraction of sp³-hybridized carbons (Fsp3) is 0.500. The molecule has 0 amide bonds. The molecular formula is C12H16BrNO. The van der Waals surface area contributed by atoms with Crippen molar-refractivity contribution >= 4 is 21.6 Å². The van der Waals surface area contributed by atoms with Crippen molar-refractivity contribution < 1.29 is 5.11 Å². The lowest BCUT2D eigenvalue weighted by Gasteiger charge is -2.33. The molecule has 0 spiro atoms. The Hall–Kier alpha value is -0.540. The molecule has 1 atom stereocenters. The Balaban J connectivity index is 1.99. The average molecular weight is 270 g/mol. The molecule has 1 fully saturated rings. The van der Waals surface area contributed by atoms with Crippen LogP contribution in [0.4, 0.5) is 5.69 Å². The first-order valence-corrected chi connectivity index (χ1v) is 6.22. The maximum absolute atomic E-state index is 9.32. The molecule has 0 aromatic heterocycles. The van der Waals surface area contributed by atoms with Gasteiger partial charge < -0.3 is 10.4 Å². The van der Waals surface area contributed by atoms with Crippen LogP contribution in [0.15, 0.2) is 28.7 Å². The van der Waals surface area contributed by atoms with Gasteiger partial charge in [-0.25, -0.2) is 0 Å². The fourth-order valence-corrected chi connectivity index (χ4v) is 2.35. The van der Waals surface area contributed by atoms with Crippen LogP contribution in [0, 0.1) is 5.92 Å². The zero-order chi connectivity index (χ0) is 10.7. The highest BCUT2D eigenvalue weighted by molar-refractivity contribution is 9.10. The van der Waals surface area contributed by atoms with Crippen molar-refractivity contribution in [3.8, 4) is 0 Å². The number of rotatable bonds is 4. The van der Waals surface area contributed by atoms with E-state index in [0.717, 1.165) is 10.2 Å². The summed E-state index contributed by atoms with van der Waals surface area (Å²) in [5, 5.41) is 12.7. The summed E-state index contributed by atoms with van der Waals surface area (Å²) in [5.74, 6) is 0.647. The van der Waals surface area contributed by atoms with Crippen LogP contribution in [0.3, 0.4) is 0 Å². The Morgan fingerprint density at radius 3 is 2.80 bits per heavy atom. The molecule has 0 radical (unpaired) electrons. The smallest absolute Gasteiger partial charge is 0.0635 e. The van der Waals surface area contributed by atoms with Crippen LogP contribution < -0.4 is 5.32 Å². The van der Waals surface area contributed by atoms with Gasteiger partial charge in [-0.2, -0.15) is 0 Å². The van der Waals surface area contributed by atoms with E-state index in [4.69, 9.17) is 0 Å². The Morgan fingerprint density at radius 2 is 2.27 bits per heavy atom. The van der Waals surface area contributed by atoms with Crippen LogP contribution in [-0.4, -0.2) is 17.8 Å². The lowest BCUT2D eigenvalue weighted by atomic mass is 9.80. The van der Waals surface area contributed by atoms with Gasteiger partial charge in [0.25, 0.3) is 0 Å². The topological polar surface area (TPSA) is 32.3 Å². The average Bonchev–Trinajstić information content (AvgIpc) is 2.14. The number of aliphatic hydroxyl groups is 1. The molecular weight excluding hydrogens is 254 g/mol. The Kier molecular flexibility index (Phi) is 3.65. The summed E-state index contributed by atoms with van der Waals surface area (Å²) in [4.78, 5) is 0. The highest BCUT2D eigenvalue weighted by Crippen LogP contribution is 2.31. The molecule has 1 unspecified atom stereocenters. The highest BCUT2D eigenvalue weighted by Gasteiger charge is 2.26. The highest BCUT2D eigenvalue weighted by atomic mass is 79.9. The summed E-state index contributed by atoms with van der Waals surface area (Å²) in [7, 11) is 0. The van der Waals surface area contributed by atoms with E-state index in [-0.39, 0.29) is 12.6 Å². The second-order valence-corrected chi connectivity index (χ2v) is 5.05. The van der Waals surface area contributed by atoms with Gasteiger partial charge in [0.1, 0.15) is 0 Å². The van der Waals surface area contributed by atoms with Crippen LogP contribution in [0.2, 0.25) is 0 Å². The van der Waals surface area contributed by atoms with Crippen LogP contribution >= 0.6 is 15.9 Å². The van der Waals surface area contributed by atoms with Gasteiger partial charge in [-0.1, -0.05) is 28.4 Å². The summed E-state index contributed by atoms with van der Waals surface area (Å²) in [5.41, 5.74) is 1.08. The number of aliphatic hydroxyl groups excluding tert-OH is 1. The van der Waals surface area contributed by atoms with Crippen molar-refractivity contribution in [3.63, 3.8) is 0 Å². The van der Waals surface area contributed by atoms with Gasteiger partial charge in [-0.15, -0.1) is 0 Å². The molecule has 0 saturated heterocycles. The summed E-state index contributed by atoms with van der Waals surface area (Å²) < 4.78 is 1.07. The summed E-state index contributed by atoms with van der Waals surface area (Å²) in [6.45, 7) is 0.219. The van der Waals surface area contributed by atoms with Crippen molar-refractivity contribution in [2.45, 2.75) is 25.3 Å². The van der Waals surface area contributed by atoms with E-state index in [1.165, 1.54) is 19.3 Å². The normalized spacial score (nSPS) is 18.3. The fourth-order valence-electron chi connectivity index (χ4n) is 1.95. The molecule has 3 heteroatoms. The van der Waals surface area contributed by atoms with E-state index in [2.05, 4.69) is 21.2 Å². The molecule has 0 heterocycles. The molecule has 1 aliphatic rings. The minimum Gasteiger partial charge on any atom is -0.394 e. The Labute approximate surface area is 98.8 Å². The van der Waals surface area contributed by atoms with Crippen LogP contribution in [0.1, 0.15) is 19.3 Å². The third-order valence-electron chi connectivity index (χ3n) is 3.09. The van der Waals surface area contributed by atoms with E-state index >= 15 is 0 Å². The predicted octanol–water partition coefficient (Wildman–Crippen LogP) is 3.02. The molecule has 2 N–H and O–H groups in total. The van der Waals surface area contributed by atoms with Crippen LogP contribution in [-0.2, 0) is 0 Å². The third kappa shape index (κ3) is 2.73. The quantitative estimate of drug-likeness (QED) is 0.881. The summed E-state index contributed by atoms with van der Waals surface area (Å²) >= 11 is 3.44. The van der Waals surface area contributed by atoms with Gasteiger partial charge in [0.15, 0.2) is 0 Å². The Morgan fingerprint density at radius 1 is 1.47 bits per heavy atom. The summed E-state index contributed by atoms with van der Waals surface area (Å²) in [6.07, 6.45) is 3.79. The molecule has 82 valence electrons. The van der Waals surface area contributed by atoms with E-state index < -0.39 is 0 Å². The van der Waals surface area contributed by atoms with E-state index in [0.29, 0.717) is 5.92 Å². The van der Waals surface area contributed by atoms with Crippen molar-refractivity contribution in [1.82, 2.24) is 0 Å². The standard InChI is InChI=1S/C12H16BrNO/c13-10-5-2-6-11(7-10)14-12(8-15)9-3-1-4-9/h2,5-7,9,12,14-15H,1,3-4,8H2. The molecule has 0 aliphatic heterocycles. The van der Waals surface area contributed by atoms with Crippen molar-refractivity contribution in [1.29, 1.82) is 0 Å². The number of halogens is 1. The van der Waals surface area contributed by atoms with E-state index in [9.17, 15) is 5.11 Å². The van der Waals surface area contributed by atoms with E-state index in [1.54, 1.807) is 0 Å². The molecule has 1 aliphatic carbocycles. The lowest BCUT2D eigenvalue weighted by molar-refractivity contribution is 0.187. The maximum atomic E-state index is 9.32. The van der Waals surface area contributed by atoms with Gasteiger partial charge in [0, 0.05) is 10.2 Å². The van der Waals surface area contributed by atoms with Crippen molar-refractivity contribution in [3.05, 3.63) is 28.7 Å². The van der Waals surface area contributed by atoms with Gasteiger partial charge in [-0.05, 0) is 37.0 Å². The predicted molar refractivity (Wildman–Crippen MR) is 66.0 cm³/mol. The molecule has 2 rings (SSSR count). The number of hydrogen-bond donors (Lipinski definition) is 2. The van der Waals surface area contributed by atoms with Crippen molar-refractivity contribution in [2.24, 2.45) is 5.92 Å². The molecule has 15 heavy (non-hydrogen) atoms. The minimum atomic E-state index is 0.216. The van der Waals surface area contributed by atoms with Crippen LogP contribution in [0.5, 0.6) is 0 Å². The van der Waals surface area contributed by atoms with Gasteiger partial charge in [-0.3, -0.25) is 0 Å². The van der Waals surface area contributed by atoms with Crippen molar-refractivity contribution in [2.75, 3.05) is 11.9 Å². The first-order chi connectivity index (χ1) is 7.29. The largest absolute Gasteiger partial charge is 0.394 e. The molecule has 2 nitrogen and oxygen atoms in total. The zero-order valence-corrected chi connectivity index (χ0v) is 10.2. The third-order valence-corrected chi connectivity index (χ3v) is 3.59. The van der Waals surface area contributed by atoms with Crippen LogP contribution in [0.25, 0.3) is 0 Å². The minimum absolute atomic E-state index is 0.216. The second-order valence-electron chi connectivity index (χ2n) is 4.13. The van der Waals surface area contributed by atoms with Gasteiger partial charge in [0.05, 0.1) is 12.6 Å². The zero-order valence-electron chi connectivity index (χ0n) is 8.62.